The summed E-state index contributed by atoms with van der Waals surface area (Å²) in [5.41, 5.74) is -0.310. The molecule has 0 spiro atoms. The second-order valence-electron chi connectivity index (χ2n) is 3.58. The largest absolute Gasteiger partial charge is 0.416 e. The van der Waals surface area contributed by atoms with E-state index in [1.807, 2.05) is 0 Å². The zero-order chi connectivity index (χ0) is 13.8. The molecule has 0 aliphatic heterocycles. The van der Waals surface area contributed by atoms with Crippen molar-refractivity contribution < 1.29 is 17.9 Å². The Kier molecular flexibility index (Phi) is 4.66. The Balaban J connectivity index is 2.97. The van der Waals surface area contributed by atoms with Crippen molar-refractivity contribution in [1.82, 2.24) is 5.01 Å². The number of hydrogen-bond donors (Lipinski definition) is 0. The van der Waals surface area contributed by atoms with Crippen molar-refractivity contribution in [3.05, 3.63) is 40.3 Å². The van der Waals surface area contributed by atoms with Crippen molar-refractivity contribution >= 4 is 0 Å². The first-order chi connectivity index (χ1) is 8.40. The molecular formula is C11H13F3N2O2. The third-order valence-corrected chi connectivity index (χ3v) is 2.32. The number of halogens is 3. The molecule has 1 unspecified atom stereocenters. The van der Waals surface area contributed by atoms with Crippen LogP contribution in [0.3, 0.4) is 0 Å². The first-order valence-corrected chi connectivity index (χ1v) is 5.25. The van der Waals surface area contributed by atoms with Gasteiger partial charge in [0, 0.05) is 19.2 Å². The van der Waals surface area contributed by atoms with E-state index < -0.39 is 18.0 Å². The Morgan fingerprint density at radius 3 is 2.28 bits per heavy atom. The van der Waals surface area contributed by atoms with Gasteiger partial charge in [0.1, 0.15) is 0 Å². The van der Waals surface area contributed by atoms with Crippen molar-refractivity contribution in [2.24, 2.45) is 5.29 Å². The van der Waals surface area contributed by atoms with E-state index in [1.54, 1.807) is 6.92 Å². The van der Waals surface area contributed by atoms with E-state index >= 15 is 0 Å². The van der Waals surface area contributed by atoms with Gasteiger partial charge in [-0.1, -0.05) is 12.1 Å². The maximum atomic E-state index is 12.4. The van der Waals surface area contributed by atoms with Gasteiger partial charge in [0.05, 0.1) is 10.8 Å². The molecular weight excluding hydrogens is 249 g/mol. The summed E-state index contributed by atoms with van der Waals surface area (Å²) in [6, 6.07) is 4.43. The molecule has 18 heavy (non-hydrogen) atoms. The SMILES string of the molecule is CCOC(c1ccc(C(F)(F)F)cc1)N(C)N=O. The minimum Gasteiger partial charge on any atom is -0.353 e. The summed E-state index contributed by atoms with van der Waals surface area (Å²) in [5.74, 6) is 0. The molecule has 0 aliphatic rings. The van der Waals surface area contributed by atoms with Crippen LogP contribution in [0.25, 0.3) is 0 Å². The quantitative estimate of drug-likeness (QED) is 0.464. The lowest BCUT2D eigenvalue weighted by Crippen LogP contribution is -2.21. The smallest absolute Gasteiger partial charge is 0.353 e. The van der Waals surface area contributed by atoms with Crippen molar-refractivity contribution in [3.63, 3.8) is 0 Å². The lowest BCUT2D eigenvalue weighted by atomic mass is 10.1. The van der Waals surface area contributed by atoms with Crippen LogP contribution < -0.4 is 0 Å². The number of benzene rings is 1. The molecule has 7 heteroatoms. The van der Waals surface area contributed by atoms with Crippen molar-refractivity contribution in [1.29, 1.82) is 0 Å². The Hall–Kier alpha value is -1.63. The van der Waals surface area contributed by atoms with E-state index in [0.717, 1.165) is 17.1 Å². The third-order valence-electron chi connectivity index (χ3n) is 2.32. The molecule has 0 heterocycles. The minimum absolute atomic E-state index is 0.311. The van der Waals surface area contributed by atoms with Gasteiger partial charge in [-0.25, -0.2) is 5.01 Å². The molecule has 0 N–H and O–H groups in total. The molecule has 0 bridgehead atoms. The van der Waals surface area contributed by atoms with Gasteiger partial charge < -0.3 is 4.74 Å². The fraction of sp³-hybridized carbons (Fsp3) is 0.455. The highest BCUT2D eigenvalue weighted by atomic mass is 19.4. The number of alkyl halides is 3. The fourth-order valence-corrected chi connectivity index (χ4v) is 1.46. The highest BCUT2D eigenvalue weighted by Gasteiger charge is 2.30. The topological polar surface area (TPSA) is 41.9 Å². The van der Waals surface area contributed by atoms with Crippen LogP contribution in [0.2, 0.25) is 0 Å². The summed E-state index contributed by atoms with van der Waals surface area (Å²) in [4.78, 5) is 10.4. The predicted molar refractivity (Wildman–Crippen MR) is 59.4 cm³/mol. The summed E-state index contributed by atoms with van der Waals surface area (Å²) < 4.78 is 42.4. The average molecular weight is 262 g/mol. The van der Waals surface area contributed by atoms with Crippen LogP contribution in [0.1, 0.15) is 24.3 Å². The van der Waals surface area contributed by atoms with Crippen molar-refractivity contribution in [2.75, 3.05) is 13.7 Å². The molecule has 0 saturated heterocycles. The average Bonchev–Trinajstić information content (AvgIpc) is 2.34. The Bertz CT molecular complexity index is 392. The molecule has 0 radical (unpaired) electrons. The van der Waals surface area contributed by atoms with Crippen LogP contribution >= 0.6 is 0 Å². The number of nitroso groups, excluding NO2 is 1. The maximum absolute atomic E-state index is 12.4. The Morgan fingerprint density at radius 1 is 1.33 bits per heavy atom. The lowest BCUT2D eigenvalue weighted by Gasteiger charge is -2.23. The molecule has 1 atom stereocenters. The van der Waals surface area contributed by atoms with Gasteiger partial charge in [0.2, 0.25) is 0 Å². The predicted octanol–water partition coefficient (Wildman–Crippen LogP) is 3.35. The van der Waals surface area contributed by atoms with Crippen LogP contribution in [0.5, 0.6) is 0 Å². The Labute approximate surface area is 102 Å². The summed E-state index contributed by atoms with van der Waals surface area (Å²) in [5, 5.41) is 3.70. The van der Waals surface area contributed by atoms with Crippen LogP contribution in [0.15, 0.2) is 29.6 Å². The van der Waals surface area contributed by atoms with Crippen LogP contribution in [0, 0.1) is 4.91 Å². The summed E-state index contributed by atoms with van der Waals surface area (Å²) in [7, 11) is 1.39. The molecule has 4 nitrogen and oxygen atoms in total. The van der Waals surface area contributed by atoms with Gasteiger partial charge in [-0.15, -0.1) is 4.91 Å². The molecule has 0 aliphatic carbocycles. The third kappa shape index (κ3) is 3.43. The standard InChI is InChI=1S/C11H13F3N2O2/c1-3-18-10(16(2)15-17)8-4-6-9(7-5-8)11(12,13)14/h4-7,10H,3H2,1-2H3. The zero-order valence-electron chi connectivity index (χ0n) is 9.94. The van der Waals surface area contributed by atoms with Gasteiger partial charge in [-0.2, -0.15) is 13.2 Å². The van der Waals surface area contributed by atoms with Gasteiger partial charge in [0.25, 0.3) is 0 Å². The van der Waals surface area contributed by atoms with Gasteiger partial charge in [-0.3, -0.25) is 0 Å². The van der Waals surface area contributed by atoms with E-state index in [0.29, 0.717) is 12.2 Å². The second kappa shape index (κ2) is 5.81. The summed E-state index contributed by atoms with van der Waals surface area (Å²) >= 11 is 0. The first-order valence-electron chi connectivity index (χ1n) is 5.25. The monoisotopic (exact) mass is 262 g/mol. The number of ether oxygens (including phenoxy) is 1. The molecule has 100 valence electrons. The summed E-state index contributed by atoms with van der Waals surface area (Å²) in [6.07, 6.45) is -5.16. The second-order valence-corrected chi connectivity index (χ2v) is 3.58. The van der Waals surface area contributed by atoms with E-state index in [1.165, 1.54) is 19.2 Å². The van der Waals surface area contributed by atoms with Crippen LogP contribution in [0.4, 0.5) is 13.2 Å². The van der Waals surface area contributed by atoms with E-state index in [4.69, 9.17) is 4.74 Å². The van der Waals surface area contributed by atoms with Gasteiger partial charge in [0.15, 0.2) is 6.23 Å². The molecule has 1 rings (SSSR count). The fourth-order valence-electron chi connectivity index (χ4n) is 1.46. The highest BCUT2D eigenvalue weighted by molar-refractivity contribution is 5.25. The highest BCUT2D eigenvalue weighted by Crippen LogP contribution is 2.30. The van der Waals surface area contributed by atoms with Gasteiger partial charge >= 0.3 is 6.18 Å². The molecule has 0 saturated carbocycles. The minimum atomic E-state index is -4.38. The Morgan fingerprint density at radius 2 is 1.89 bits per heavy atom. The molecule has 1 aromatic rings. The van der Waals surface area contributed by atoms with E-state index in [9.17, 15) is 18.1 Å². The van der Waals surface area contributed by atoms with Crippen LogP contribution in [-0.2, 0) is 10.9 Å². The molecule has 0 amide bonds. The van der Waals surface area contributed by atoms with Gasteiger partial charge in [-0.05, 0) is 19.1 Å². The zero-order valence-corrected chi connectivity index (χ0v) is 9.94. The normalized spacial score (nSPS) is 13.2. The van der Waals surface area contributed by atoms with Crippen molar-refractivity contribution in [3.8, 4) is 0 Å². The molecule has 0 fully saturated rings. The number of rotatable bonds is 5. The first kappa shape index (κ1) is 14.4. The number of nitrogens with zero attached hydrogens (tertiary/aromatic N) is 2. The maximum Gasteiger partial charge on any atom is 0.416 e. The number of hydrogen-bond acceptors (Lipinski definition) is 3. The van der Waals surface area contributed by atoms with Crippen LogP contribution in [-0.4, -0.2) is 18.7 Å². The lowest BCUT2D eigenvalue weighted by molar-refractivity contribution is -0.137. The molecule has 1 aromatic carbocycles. The summed E-state index contributed by atoms with van der Waals surface area (Å²) in [6.45, 7) is 2.03. The van der Waals surface area contributed by atoms with E-state index in [-0.39, 0.29) is 0 Å². The molecule has 0 aromatic heterocycles. The van der Waals surface area contributed by atoms with Crippen molar-refractivity contribution in [2.45, 2.75) is 19.3 Å². The van der Waals surface area contributed by atoms with E-state index in [2.05, 4.69) is 5.29 Å².